The zero-order chi connectivity index (χ0) is 20.6. The summed E-state index contributed by atoms with van der Waals surface area (Å²) >= 11 is 4.15. The minimum absolute atomic E-state index is 0.00810. The van der Waals surface area contributed by atoms with E-state index >= 15 is 0 Å². The molecule has 0 fully saturated rings. The van der Waals surface area contributed by atoms with Crippen LogP contribution in [-0.4, -0.2) is 55.6 Å². The molecule has 0 aromatic rings. The van der Waals surface area contributed by atoms with Gasteiger partial charge in [-0.1, -0.05) is 47.6 Å². The van der Waals surface area contributed by atoms with Gasteiger partial charge in [-0.05, 0) is 33.4 Å². The van der Waals surface area contributed by atoms with E-state index in [0.29, 0.717) is 6.54 Å². The molecule has 0 aliphatic rings. The van der Waals surface area contributed by atoms with Crippen LogP contribution in [0.3, 0.4) is 0 Å². The maximum absolute atomic E-state index is 11.9. The van der Waals surface area contributed by atoms with Crippen LogP contribution in [-0.2, 0) is 9.59 Å². The van der Waals surface area contributed by atoms with Crippen LogP contribution in [0, 0.1) is 5.41 Å². The van der Waals surface area contributed by atoms with E-state index in [9.17, 15) is 9.59 Å². The van der Waals surface area contributed by atoms with Crippen molar-refractivity contribution < 1.29 is 9.59 Å². The van der Waals surface area contributed by atoms with E-state index in [1.165, 1.54) is 20.3 Å². The molecule has 0 saturated heterocycles. The van der Waals surface area contributed by atoms with Crippen LogP contribution in [0.25, 0.3) is 0 Å². The number of Topliss-reactive ketones (excluding diaryl/α,β-unsaturated/α-hetero) is 1. The quantitative estimate of drug-likeness (QED) is 0.598. The SMILES string of the molecule is C=C(NCCS)C(NC(=O)CN(C)C)C(C)(C)C.CC(C)=O.CCC. The lowest BCUT2D eigenvalue weighted by atomic mass is 9.85. The maximum Gasteiger partial charge on any atom is 0.234 e. The number of likely N-dealkylation sites (N-methyl/N-ethyl adjacent to an activating group) is 1. The highest BCUT2D eigenvalue weighted by Crippen LogP contribution is 2.23. The predicted molar refractivity (Wildman–Crippen MR) is 113 cm³/mol. The number of nitrogens with zero attached hydrogens (tertiary/aromatic N) is 1. The highest BCUT2D eigenvalue weighted by Gasteiger charge is 2.28. The number of nitrogens with one attached hydrogen (secondary N) is 2. The fraction of sp³-hybridized carbons (Fsp3) is 0.789. The van der Waals surface area contributed by atoms with Gasteiger partial charge in [-0.15, -0.1) is 0 Å². The van der Waals surface area contributed by atoms with E-state index in [-0.39, 0.29) is 23.1 Å². The van der Waals surface area contributed by atoms with Crippen LogP contribution >= 0.6 is 12.6 Å². The fourth-order valence-electron chi connectivity index (χ4n) is 1.64. The van der Waals surface area contributed by atoms with Gasteiger partial charge in [-0.3, -0.25) is 4.79 Å². The molecule has 25 heavy (non-hydrogen) atoms. The number of rotatable bonds is 7. The molecule has 1 unspecified atom stereocenters. The summed E-state index contributed by atoms with van der Waals surface area (Å²) in [6.45, 7) is 18.7. The van der Waals surface area contributed by atoms with Crippen LogP contribution in [0.4, 0.5) is 0 Å². The van der Waals surface area contributed by atoms with E-state index in [4.69, 9.17) is 0 Å². The average Bonchev–Trinajstić information content (AvgIpc) is 2.40. The van der Waals surface area contributed by atoms with Crippen LogP contribution in [0.2, 0.25) is 0 Å². The van der Waals surface area contributed by atoms with Crippen LogP contribution in [0.5, 0.6) is 0 Å². The molecule has 0 spiro atoms. The van der Waals surface area contributed by atoms with Crippen molar-refractivity contribution in [3.63, 3.8) is 0 Å². The lowest BCUT2D eigenvalue weighted by Crippen LogP contribution is -2.50. The smallest absolute Gasteiger partial charge is 0.234 e. The Kier molecular flexibility index (Phi) is 18.9. The van der Waals surface area contributed by atoms with Crippen molar-refractivity contribution in [3.05, 3.63) is 12.3 Å². The molecule has 0 aromatic carbocycles. The molecule has 2 N–H and O–H groups in total. The first-order chi connectivity index (χ1) is 11.3. The molecule has 1 amide bonds. The first kappa shape index (κ1) is 28.8. The second kappa shape index (κ2) is 16.5. The molecule has 6 heteroatoms. The van der Waals surface area contributed by atoms with E-state index in [2.05, 4.69) is 64.5 Å². The van der Waals surface area contributed by atoms with E-state index in [1.807, 2.05) is 19.0 Å². The van der Waals surface area contributed by atoms with E-state index in [0.717, 1.165) is 18.0 Å². The van der Waals surface area contributed by atoms with Crippen LogP contribution in [0.15, 0.2) is 12.3 Å². The van der Waals surface area contributed by atoms with Gasteiger partial charge in [0.25, 0.3) is 0 Å². The third-order valence-electron chi connectivity index (χ3n) is 2.44. The number of carbonyl (C=O) groups is 2. The molecule has 0 bridgehead atoms. The summed E-state index contributed by atoms with van der Waals surface area (Å²) in [7, 11) is 3.75. The summed E-state index contributed by atoms with van der Waals surface area (Å²) in [6, 6.07) is -0.0927. The highest BCUT2D eigenvalue weighted by atomic mass is 32.1. The first-order valence-corrected chi connectivity index (χ1v) is 9.41. The van der Waals surface area contributed by atoms with E-state index < -0.39 is 0 Å². The van der Waals surface area contributed by atoms with Crippen molar-refractivity contribution in [2.75, 3.05) is 32.9 Å². The number of hydrogen-bond donors (Lipinski definition) is 3. The number of hydrogen-bond acceptors (Lipinski definition) is 5. The van der Waals surface area contributed by atoms with Crippen LogP contribution < -0.4 is 10.6 Å². The average molecular weight is 376 g/mol. The number of carbonyl (C=O) groups excluding carboxylic acids is 2. The summed E-state index contributed by atoms with van der Waals surface area (Å²) in [5.74, 6) is 0.912. The van der Waals surface area contributed by atoms with Gasteiger partial charge in [0, 0.05) is 18.0 Å². The molecule has 0 rings (SSSR count). The second-order valence-electron chi connectivity index (χ2n) is 7.40. The number of thiol groups is 1. The zero-order valence-electron chi connectivity index (χ0n) is 17.8. The standard InChI is InChI=1S/C13H27N3OS.C3H6O.C3H8/c1-10(14-7-8-18)12(13(2,3)4)15-11(17)9-16(5)6;1-3(2)4;1-3-2/h12,14,18H,1,7-9H2,2-6H3,(H,15,17);1-2H3;3H2,1-2H3. The molecule has 0 saturated carbocycles. The highest BCUT2D eigenvalue weighted by molar-refractivity contribution is 7.80. The Hall–Kier alpha value is -1.01. The minimum Gasteiger partial charge on any atom is -0.386 e. The van der Waals surface area contributed by atoms with E-state index in [1.54, 1.807) is 0 Å². The fourth-order valence-corrected chi connectivity index (χ4v) is 1.75. The molecule has 0 radical (unpaired) electrons. The van der Waals surface area contributed by atoms with Crippen molar-refractivity contribution >= 4 is 24.3 Å². The first-order valence-electron chi connectivity index (χ1n) is 8.78. The van der Waals surface area contributed by atoms with Crippen molar-refractivity contribution in [2.45, 2.75) is 60.9 Å². The molecular formula is C19H41N3O2S. The molecular weight excluding hydrogens is 334 g/mol. The predicted octanol–water partition coefficient (Wildman–Crippen LogP) is 3.12. The van der Waals surface area contributed by atoms with Gasteiger partial charge in [0.05, 0.1) is 12.6 Å². The van der Waals surface area contributed by atoms with Crippen LogP contribution in [0.1, 0.15) is 54.9 Å². The number of amides is 1. The Morgan fingerprint density at radius 2 is 1.56 bits per heavy atom. The summed E-state index contributed by atoms with van der Waals surface area (Å²) in [5, 5.41) is 6.23. The van der Waals surface area contributed by atoms with Crippen molar-refractivity contribution in [1.29, 1.82) is 0 Å². The van der Waals surface area contributed by atoms with Crippen molar-refractivity contribution in [1.82, 2.24) is 15.5 Å². The number of ketones is 1. The Morgan fingerprint density at radius 1 is 1.16 bits per heavy atom. The van der Waals surface area contributed by atoms with Gasteiger partial charge < -0.3 is 20.3 Å². The third kappa shape index (κ3) is 23.0. The second-order valence-corrected chi connectivity index (χ2v) is 7.84. The van der Waals surface area contributed by atoms with Gasteiger partial charge >= 0.3 is 0 Å². The van der Waals surface area contributed by atoms with Gasteiger partial charge in [0.1, 0.15) is 5.78 Å². The van der Waals surface area contributed by atoms with Gasteiger partial charge in [0.2, 0.25) is 5.91 Å². The summed E-state index contributed by atoms with van der Waals surface area (Å²) < 4.78 is 0. The summed E-state index contributed by atoms with van der Waals surface area (Å²) in [6.07, 6.45) is 1.25. The summed E-state index contributed by atoms with van der Waals surface area (Å²) in [4.78, 5) is 23.1. The van der Waals surface area contributed by atoms with Gasteiger partial charge in [0.15, 0.2) is 0 Å². The molecule has 150 valence electrons. The maximum atomic E-state index is 11.9. The van der Waals surface area contributed by atoms with Crippen molar-refractivity contribution in [2.24, 2.45) is 5.41 Å². The third-order valence-corrected chi connectivity index (χ3v) is 2.67. The molecule has 0 aliphatic carbocycles. The lowest BCUT2D eigenvalue weighted by molar-refractivity contribution is -0.122. The lowest BCUT2D eigenvalue weighted by Gasteiger charge is -2.33. The largest absolute Gasteiger partial charge is 0.386 e. The normalized spacial score (nSPS) is 11.3. The molecule has 1 atom stereocenters. The molecule has 0 heterocycles. The Bertz CT molecular complexity index is 373. The molecule has 0 aromatic heterocycles. The minimum atomic E-state index is -0.0927. The van der Waals surface area contributed by atoms with Crippen molar-refractivity contribution in [3.8, 4) is 0 Å². The van der Waals surface area contributed by atoms with Gasteiger partial charge in [-0.2, -0.15) is 12.6 Å². The topological polar surface area (TPSA) is 61.4 Å². The Morgan fingerprint density at radius 3 is 1.84 bits per heavy atom. The monoisotopic (exact) mass is 375 g/mol. The zero-order valence-corrected chi connectivity index (χ0v) is 18.7. The summed E-state index contributed by atoms with van der Waals surface area (Å²) in [5.41, 5.74) is 0.756. The Labute approximate surface area is 161 Å². The molecule has 0 aliphatic heterocycles. The molecule has 5 nitrogen and oxygen atoms in total. The Balaban J connectivity index is -0.000000586. The van der Waals surface area contributed by atoms with Gasteiger partial charge in [-0.25, -0.2) is 0 Å².